The van der Waals surface area contributed by atoms with Crippen LogP contribution in [0.15, 0.2) is 58.2 Å². The van der Waals surface area contributed by atoms with Gasteiger partial charge in [0.2, 0.25) is 0 Å². The first kappa shape index (κ1) is 14.5. The topological polar surface area (TPSA) is 69.0 Å². The van der Waals surface area contributed by atoms with E-state index in [2.05, 4.69) is 5.10 Å². The number of fused-ring (bicyclic) bond motifs is 1. The van der Waals surface area contributed by atoms with Crippen molar-refractivity contribution in [2.75, 3.05) is 6.26 Å². The van der Waals surface area contributed by atoms with E-state index in [1.165, 1.54) is 10.9 Å². The number of benzene rings is 2. The summed E-state index contributed by atoms with van der Waals surface area (Å²) in [7, 11) is -1.63. The summed E-state index contributed by atoms with van der Waals surface area (Å²) in [4.78, 5) is 12.4. The quantitative estimate of drug-likeness (QED) is 0.725. The summed E-state index contributed by atoms with van der Waals surface area (Å²) in [5.41, 5.74) is 1.25. The van der Waals surface area contributed by atoms with Gasteiger partial charge in [0.05, 0.1) is 16.0 Å². The molecule has 0 bridgehead atoms. The van der Waals surface area contributed by atoms with Gasteiger partial charge in [-0.05, 0) is 18.2 Å². The molecule has 0 unspecified atom stereocenters. The molecule has 3 rings (SSSR count). The molecule has 1 heterocycles. The van der Waals surface area contributed by atoms with Crippen LogP contribution in [-0.2, 0) is 16.9 Å². The highest BCUT2D eigenvalue weighted by Crippen LogP contribution is 2.25. The van der Waals surface area contributed by atoms with E-state index >= 15 is 0 Å². The second-order valence-corrected chi connectivity index (χ2v) is 7.14. The number of aryl methyl sites for hydroxylation is 1. The van der Waals surface area contributed by atoms with E-state index in [9.17, 15) is 13.2 Å². The summed E-state index contributed by atoms with van der Waals surface area (Å²) >= 11 is 0. The Labute approximate surface area is 127 Å². The maximum absolute atomic E-state index is 12.1. The third kappa shape index (κ3) is 2.42. The summed E-state index contributed by atoms with van der Waals surface area (Å²) in [6.45, 7) is 0. The van der Waals surface area contributed by atoms with Gasteiger partial charge < -0.3 is 0 Å². The number of sulfone groups is 1. The molecule has 0 spiro atoms. The zero-order chi connectivity index (χ0) is 15.9. The molecule has 1 aromatic heterocycles. The molecule has 22 heavy (non-hydrogen) atoms. The monoisotopic (exact) mass is 314 g/mol. The molecule has 0 N–H and O–H groups in total. The van der Waals surface area contributed by atoms with Crippen LogP contribution >= 0.6 is 0 Å². The first-order valence-electron chi connectivity index (χ1n) is 6.64. The molecule has 3 aromatic rings. The maximum Gasteiger partial charge on any atom is 0.274 e. The number of rotatable bonds is 2. The third-order valence-electron chi connectivity index (χ3n) is 3.51. The van der Waals surface area contributed by atoms with Gasteiger partial charge in [-0.1, -0.05) is 30.3 Å². The normalized spacial score (nSPS) is 11.7. The summed E-state index contributed by atoms with van der Waals surface area (Å²) in [6, 6.07) is 13.7. The predicted octanol–water partition coefficient (Wildman–Crippen LogP) is 2.00. The lowest BCUT2D eigenvalue weighted by Gasteiger charge is -2.08. The fourth-order valence-electron chi connectivity index (χ4n) is 2.37. The van der Waals surface area contributed by atoms with E-state index in [0.717, 1.165) is 10.9 Å². The Bertz CT molecular complexity index is 1020. The van der Waals surface area contributed by atoms with Gasteiger partial charge in [0.25, 0.3) is 5.56 Å². The Morgan fingerprint density at radius 2 is 1.55 bits per heavy atom. The van der Waals surface area contributed by atoms with Gasteiger partial charge in [-0.3, -0.25) is 4.79 Å². The molecule has 0 amide bonds. The molecule has 6 heteroatoms. The second-order valence-electron chi connectivity index (χ2n) is 5.12. The van der Waals surface area contributed by atoms with Crippen molar-refractivity contribution < 1.29 is 8.42 Å². The van der Waals surface area contributed by atoms with E-state index in [0.29, 0.717) is 11.1 Å². The summed E-state index contributed by atoms with van der Waals surface area (Å²) in [5.74, 6) is 0. The van der Waals surface area contributed by atoms with Crippen LogP contribution in [-0.4, -0.2) is 24.5 Å². The van der Waals surface area contributed by atoms with Crippen LogP contribution in [0.25, 0.3) is 22.0 Å². The minimum absolute atomic E-state index is 0.160. The molecule has 0 aliphatic heterocycles. The van der Waals surface area contributed by atoms with Crippen LogP contribution in [0.4, 0.5) is 0 Å². The van der Waals surface area contributed by atoms with Gasteiger partial charge in [-0.2, -0.15) is 5.10 Å². The van der Waals surface area contributed by atoms with Crippen molar-refractivity contribution in [2.24, 2.45) is 7.05 Å². The predicted molar refractivity (Wildman–Crippen MR) is 85.5 cm³/mol. The fraction of sp³-hybridized carbons (Fsp3) is 0.125. The summed E-state index contributed by atoms with van der Waals surface area (Å²) in [6.07, 6.45) is 1.17. The molecular weight excluding hydrogens is 300 g/mol. The minimum atomic E-state index is -3.23. The van der Waals surface area contributed by atoms with Crippen LogP contribution in [0.1, 0.15) is 0 Å². The third-order valence-corrected chi connectivity index (χ3v) is 4.64. The lowest BCUT2D eigenvalue weighted by Crippen LogP contribution is -2.20. The average molecular weight is 314 g/mol. The van der Waals surface area contributed by atoms with Crippen molar-refractivity contribution in [1.29, 1.82) is 0 Å². The minimum Gasteiger partial charge on any atom is -0.267 e. The summed E-state index contributed by atoms with van der Waals surface area (Å²) < 4.78 is 24.4. The molecule has 5 nitrogen and oxygen atoms in total. The number of nitrogens with zero attached hydrogens (tertiary/aromatic N) is 2. The van der Waals surface area contributed by atoms with Gasteiger partial charge in [-0.15, -0.1) is 0 Å². The molecule has 0 aliphatic rings. The SMILES string of the molecule is Cn1nc(-c2ccc(S(C)(=O)=O)cc2)c2ccccc2c1=O. The highest BCUT2D eigenvalue weighted by Gasteiger charge is 2.12. The fourth-order valence-corrected chi connectivity index (χ4v) is 3.00. The zero-order valence-electron chi connectivity index (χ0n) is 12.1. The Hall–Kier alpha value is -2.47. The van der Waals surface area contributed by atoms with Crippen LogP contribution in [0.2, 0.25) is 0 Å². The first-order valence-corrected chi connectivity index (χ1v) is 8.53. The molecule has 0 fully saturated rings. The molecule has 112 valence electrons. The highest BCUT2D eigenvalue weighted by molar-refractivity contribution is 7.90. The largest absolute Gasteiger partial charge is 0.274 e. The van der Waals surface area contributed by atoms with Crippen LogP contribution in [0.5, 0.6) is 0 Å². The molecular formula is C16H14N2O3S. The van der Waals surface area contributed by atoms with E-state index < -0.39 is 9.84 Å². The van der Waals surface area contributed by atoms with Crippen molar-refractivity contribution in [1.82, 2.24) is 9.78 Å². The molecule has 0 saturated heterocycles. The number of hydrogen-bond donors (Lipinski definition) is 0. The molecule has 2 aromatic carbocycles. The zero-order valence-corrected chi connectivity index (χ0v) is 13.0. The van der Waals surface area contributed by atoms with Crippen molar-refractivity contribution in [3.05, 3.63) is 58.9 Å². The van der Waals surface area contributed by atoms with E-state index in [-0.39, 0.29) is 10.5 Å². The van der Waals surface area contributed by atoms with Crippen LogP contribution in [0.3, 0.4) is 0 Å². The Morgan fingerprint density at radius 1 is 0.955 bits per heavy atom. The van der Waals surface area contributed by atoms with Crippen molar-refractivity contribution in [3.8, 4) is 11.3 Å². The van der Waals surface area contributed by atoms with E-state index in [1.807, 2.05) is 12.1 Å². The Balaban J connectivity index is 2.27. The van der Waals surface area contributed by atoms with E-state index in [4.69, 9.17) is 0 Å². The first-order chi connectivity index (χ1) is 10.4. The van der Waals surface area contributed by atoms with Gasteiger partial charge in [0.1, 0.15) is 0 Å². The highest BCUT2D eigenvalue weighted by atomic mass is 32.2. The summed E-state index contributed by atoms with van der Waals surface area (Å²) in [5, 5.41) is 5.65. The maximum atomic E-state index is 12.1. The Morgan fingerprint density at radius 3 is 2.14 bits per heavy atom. The molecule has 0 aliphatic carbocycles. The van der Waals surface area contributed by atoms with Crippen LogP contribution in [0, 0.1) is 0 Å². The average Bonchev–Trinajstić information content (AvgIpc) is 2.50. The standard InChI is InChI=1S/C16H14N2O3S/c1-18-16(19)14-6-4-3-5-13(14)15(17-18)11-7-9-12(10-8-11)22(2,20)21/h3-10H,1-2H3. The lowest BCUT2D eigenvalue weighted by molar-refractivity contribution is 0.602. The molecule has 0 radical (unpaired) electrons. The molecule has 0 saturated carbocycles. The number of hydrogen-bond acceptors (Lipinski definition) is 4. The Kier molecular flexibility index (Phi) is 3.33. The van der Waals surface area contributed by atoms with Crippen molar-refractivity contribution in [2.45, 2.75) is 4.90 Å². The molecule has 0 atom stereocenters. The van der Waals surface area contributed by atoms with E-state index in [1.54, 1.807) is 43.4 Å². The van der Waals surface area contributed by atoms with Crippen molar-refractivity contribution in [3.63, 3.8) is 0 Å². The van der Waals surface area contributed by atoms with Crippen molar-refractivity contribution >= 4 is 20.6 Å². The lowest BCUT2D eigenvalue weighted by atomic mass is 10.1. The van der Waals surface area contributed by atoms with Gasteiger partial charge in [-0.25, -0.2) is 13.1 Å². The van der Waals surface area contributed by atoms with Gasteiger partial charge in [0, 0.05) is 24.3 Å². The number of aromatic nitrogens is 2. The smallest absolute Gasteiger partial charge is 0.267 e. The van der Waals surface area contributed by atoms with Gasteiger partial charge in [0.15, 0.2) is 9.84 Å². The van der Waals surface area contributed by atoms with Gasteiger partial charge >= 0.3 is 0 Å². The van der Waals surface area contributed by atoms with Crippen LogP contribution < -0.4 is 5.56 Å². The second kappa shape index (κ2) is 5.06.